The lowest BCUT2D eigenvalue weighted by Gasteiger charge is -2.24. The molecule has 0 aromatic heterocycles. The fourth-order valence-corrected chi connectivity index (χ4v) is 1.97. The molecule has 0 amide bonds. The Hall–Kier alpha value is -0.780. The number of halogens is 1. The Labute approximate surface area is 147 Å². The van der Waals surface area contributed by atoms with Gasteiger partial charge in [0.1, 0.15) is 0 Å². The Morgan fingerprint density at radius 2 is 1.76 bits per heavy atom. The fraction of sp³-hybridized carbons (Fsp3) is 0.588. The molecular weight excluding hydrogens is 373 g/mol. The number of nitrogens with zero attached hydrogens (tertiary/aromatic N) is 1. The van der Waals surface area contributed by atoms with Crippen molar-refractivity contribution in [2.75, 3.05) is 13.1 Å². The highest BCUT2D eigenvalue weighted by Gasteiger charge is 2.20. The van der Waals surface area contributed by atoms with Crippen LogP contribution in [0.1, 0.15) is 45.7 Å². The van der Waals surface area contributed by atoms with Crippen LogP contribution in [0.25, 0.3) is 0 Å². The molecular formula is C17H30IN3. The average molecular weight is 403 g/mol. The highest BCUT2D eigenvalue weighted by atomic mass is 127. The van der Waals surface area contributed by atoms with Gasteiger partial charge in [-0.15, -0.1) is 24.0 Å². The van der Waals surface area contributed by atoms with Gasteiger partial charge in [0.25, 0.3) is 0 Å². The van der Waals surface area contributed by atoms with Crippen molar-refractivity contribution in [1.82, 2.24) is 10.6 Å². The summed E-state index contributed by atoms with van der Waals surface area (Å²) >= 11 is 0. The summed E-state index contributed by atoms with van der Waals surface area (Å²) in [6.45, 7) is 14.6. The Morgan fingerprint density at radius 3 is 2.24 bits per heavy atom. The van der Waals surface area contributed by atoms with Crippen molar-refractivity contribution in [1.29, 1.82) is 0 Å². The largest absolute Gasteiger partial charge is 0.357 e. The van der Waals surface area contributed by atoms with Crippen LogP contribution in [0.3, 0.4) is 0 Å². The molecule has 0 spiro atoms. The van der Waals surface area contributed by atoms with Gasteiger partial charge in [-0.25, -0.2) is 0 Å². The molecule has 1 aromatic rings. The molecule has 0 unspecified atom stereocenters. The summed E-state index contributed by atoms with van der Waals surface area (Å²) in [5.41, 5.74) is 2.66. The summed E-state index contributed by atoms with van der Waals surface area (Å²) in [6.07, 6.45) is 0. The minimum Gasteiger partial charge on any atom is -0.357 e. The summed E-state index contributed by atoms with van der Waals surface area (Å²) in [5.74, 6) is 0.891. The molecule has 0 bridgehead atoms. The van der Waals surface area contributed by atoms with E-state index in [1.807, 2.05) is 0 Å². The maximum Gasteiger partial charge on any atom is 0.191 e. The number of hydrogen-bond donors (Lipinski definition) is 2. The molecule has 0 saturated carbocycles. The lowest BCUT2D eigenvalue weighted by molar-refractivity contribution is 0.536. The molecule has 1 aromatic carbocycles. The molecule has 21 heavy (non-hydrogen) atoms. The fourth-order valence-electron chi connectivity index (χ4n) is 1.97. The molecule has 1 rings (SSSR count). The molecule has 0 heterocycles. The Bertz CT molecular complexity index is 436. The molecule has 2 N–H and O–H groups in total. The molecule has 0 atom stereocenters. The van der Waals surface area contributed by atoms with Gasteiger partial charge in [0.15, 0.2) is 5.96 Å². The van der Waals surface area contributed by atoms with Crippen molar-refractivity contribution in [3.63, 3.8) is 0 Å². The molecule has 0 aliphatic carbocycles. The SMILES string of the molecule is CCNC(=NCC(C)(C)c1ccc(C)cc1)NC(C)C.I. The normalized spacial score (nSPS) is 12.0. The zero-order chi connectivity index (χ0) is 15.2. The van der Waals surface area contributed by atoms with Crippen molar-refractivity contribution >= 4 is 29.9 Å². The third-order valence-electron chi connectivity index (χ3n) is 3.24. The summed E-state index contributed by atoms with van der Waals surface area (Å²) in [5, 5.41) is 6.64. The van der Waals surface area contributed by atoms with Crippen LogP contribution in [0.5, 0.6) is 0 Å². The number of nitrogens with one attached hydrogen (secondary N) is 2. The smallest absolute Gasteiger partial charge is 0.191 e. The number of aryl methyl sites for hydroxylation is 1. The van der Waals surface area contributed by atoms with Crippen molar-refractivity contribution in [3.8, 4) is 0 Å². The minimum absolute atomic E-state index is 0. The van der Waals surface area contributed by atoms with Gasteiger partial charge in [-0.3, -0.25) is 4.99 Å². The molecule has 120 valence electrons. The quantitative estimate of drug-likeness (QED) is 0.445. The summed E-state index contributed by atoms with van der Waals surface area (Å²) in [4.78, 5) is 4.72. The monoisotopic (exact) mass is 403 g/mol. The Balaban J connectivity index is 0.00000400. The van der Waals surface area contributed by atoms with Crippen LogP contribution in [-0.2, 0) is 5.41 Å². The van der Waals surface area contributed by atoms with Crippen LogP contribution in [0, 0.1) is 6.92 Å². The van der Waals surface area contributed by atoms with Gasteiger partial charge in [-0.05, 0) is 33.3 Å². The molecule has 3 nitrogen and oxygen atoms in total. The Morgan fingerprint density at radius 1 is 1.19 bits per heavy atom. The predicted octanol–water partition coefficient (Wildman–Crippen LogP) is 3.85. The first-order chi connectivity index (χ1) is 9.35. The van der Waals surface area contributed by atoms with Crippen molar-refractivity contribution in [3.05, 3.63) is 35.4 Å². The van der Waals surface area contributed by atoms with Gasteiger partial charge in [-0.2, -0.15) is 0 Å². The van der Waals surface area contributed by atoms with Crippen LogP contribution in [0.4, 0.5) is 0 Å². The van der Waals surface area contributed by atoms with Crippen LogP contribution < -0.4 is 10.6 Å². The Kier molecular flexibility index (Phi) is 8.94. The zero-order valence-corrected chi connectivity index (χ0v) is 16.5. The lowest BCUT2D eigenvalue weighted by Crippen LogP contribution is -2.41. The number of benzene rings is 1. The third-order valence-corrected chi connectivity index (χ3v) is 3.24. The van der Waals surface area contributed by atoms with E-state index in [1.54, 1.807) is 0 Å². The summed E-state index contributed by atoms with van der Waals surface area (Å²) < 4.78 is 0. The van der Waals surface area contributed by atoms with Gasteiger partial charge in [0, 0.05) is 18.0 Å². The number of rotatable bonds is 5. The van der Waals surface area contributed by atoms with Gasteiger partial charge >= 0.3 is 0 Å². The minimum atomic E-state index is 0. The lowest BCUT2D eigenvalue weighted by atomic mass is 9.84. The average Bonchev–Trinajstić information content (AvgIpc) is 2.36. The molecule has 0 radical (unpaired) electrons. The van der Waals surface area contributed by atoms with E-state index in [0.717, 1.165) is 19.0 Å². The number of hydrogen-bond acceptors (Lipinski definition) is 1. The number of aliphatic imine (C=N–C) groups is 1. The van der Waals surface area contributed by atoms with E-state index in [2.05, 4.69) is 76.4 Å². The molecule has 4 heteroatoms. The van der Waals surface area contributed by atoms with Crippen LogP contribution in [-0.4, -0.2) is 25.1 Å². The van der Waals surface area contributed by atoms with Gasteiger partial charge in [-0.1, -0.05) is 43.7 Å². The number of guanidine groups is 1. The highest BCUT2D eigenvalue weighted by Crippen LogP contribution is 2.23. The first-order valence-corrected chi connectivity index (χ1v) is 7.47. The van der Waals surface area contributed by atoms with Gasteiger partial charge < -0.3 is 10.6 Å². The first kappa shape index (κ1) is 20.2. The van der Waals surface area contributed by atoms with E-state index in [-0.39, 0.29) is 29.4 Å². The van der Waals surface area contributed by atoms with Crippen LogP contribution in [0.2, 0.25) is 0 Å². The first-order valence-electron chi connectivity index (χ1n) is 7.47. The van der Waals surface area contributed by atoms with Crippen LogP contribution in [0.15, 0.2) is 29.3 Å². The van der Waals surface area contributed by atoms with Crippen molar-refractivity contribution in [2.24, 2.45) is 4.99 Å². The summed E-state index contributed by atoms with van der Waals surface area (Å²) in [7, 11) is 0. The topological polar surface area (TPSA) is 36.4 Å². The van der Waals surface area contributed by atoms with E-state index in [9.17, 15) is 0 Å². The van der Waals surface area contributed by atoms with Gasteiger partial charge in [0.2, 0.25) is 0 Å². The third kappa shape index (κ3) is 7.16. The highest BCUT2D eigenvalue weighted by molar-refractivity contribution is 14.0. The standard InChI is InChI=1S/C17H29N3.HI/c1-7-18-16(20-13(2)3)19-12-17(5,6)15-10-8-14(4)9-11-15;/h8-11,13H,7,12H2,1-6H3,(H2,18,19,20);1H. The second kappa shape index (κ2) is 9.28. The van der Waals surface area contributed by atoms with E-state index < -0.39 is 0 Å². The van der Waals surface area contributed by atoms with Crippen LogP contribution >= 0.6 is 24.0 Å². The predicted molar refractivity (Wildman–Crippen MR) is 104 cm³/mol. The zero-order valence-electron chi connectivity index (χ0n) is 14.2. The second-order valence-electron chi connectivity index (χ2n) is 6.24. The van der Waals surface area contributed by atoms with Crippen molar-refractivity contribution < 1.29 is 0 Å². The van der Waals surface area contributed by atoms with Gasteiger partial charge in [0.05, 0.1) is 6.54 Å². The maximum atomic E-state index is 4.72. The molecule has 0 saturated heterocycles. The molecule has 0 aliphatic rings. The second-order valence-corrected chi connectivity index (χ2v) is 6.24. The van der Waals surface area contributed by atoms with E-state index >= 15 is 0 Å². The molecule has 0 aliphatic heterocycles. The molecule has 0 fully saturated rings. The van der Waals surface area contributed by atoms with E-state index in [1.165, 1.54) is 11.1 Å². The van der Waals surface area contributed by atoms with E-state index in [0.29, 0.717) is 6.04 Å². The maximum absolute atomic E-state index is 4.72. The van der Waals surface area contributed by atoms with Crippen molar-refractivity contribution in [2.45, 2.75) is 53.0 Å². The summed E-state index contributed by atoms with van der Waals surface area (Å²) in [6, 6.07) is 9.12. The van der Waals surface area contributed by atoms with E-state index in [4.69, 9.17) is 4.99 Å².